The zero-order valence-electron chi connectivity index (χ0n) is 16.1. The smallest absolute Gasteiger partial charge is 0.119 e. The van der Waals surface area contributed by atoms with Crippen LogP contribution in [-0.4, -0.2) is 42.6 Å². The van der Waals surface area contributed by atoms with Crippen molar-refractivity contribution in [3.8, 4) is 5.75 Å². The normalized spacial score (nSPS) is 15.9. The number of fused-ring (bicyclic) bond motifs is 1. The average molecular weight is 361 g/mol. The van der Waals surface area contributed by atoms with E-state index in [9.17, 15) is 0 Å². The molecule has 3 heteroatoms. The van der Waals surface area contributed by atoms with Crippen molar-refractivity contribution in [2.24, 2.45) is 0 Å². The summed E-state index contributed by atoms with van der Waals surface area (Å²) in [4.78, 5) is 5.12. The monoisotopic (exact) mass is 360 g/mol. The lowest BCUT2D eigenvalue weighted by Crippen LogP contribution is -2.45. The van der Waals surface area contributed by atoms with E-state index in [1.54, 1.807) is 0 Å². The molecule has 1 aliphatic rings. The van der Waals surface area contributed by atoms with E-state index >= 15 is 0 Å². The summed E-state index contributed by atoms with van der Waals surface area (Å²) in [7, 11) is 0. The van der Waals surface area contributed by atoms with Gasteiger partial charge in [-0.05, 0) is 47.0 Å². The van der Waals surface area contributed by atoms with Crippen molar-refractivity contribution < 1.29 is 4.74 Å². The van der Waals surface area contributed by atoms with E-state index in [2.05, 4.69) is 76.5 Å². The molecule has 3 aromatic carbocycles. The van der Waals surface area contributed by atoms with Gasteiger partial charge in [-0.3, -0.25) is 9.80 Å². The first-order valence-corrected chi connectivity index (χ1v) is 9.94. The SMILES string of the molecule is CCOc1ccc(CN2CCN(Cc3ccc4ccccc4c3)CC2)cc1. The lowest BCUT2D eigenvalue weighted by atomic mass is 10.1. The number of ether oxygens (including phenoxy) is 1. The number of piperazine rings is 1. The van der Waals surface area contributed by atoms with E-state index in [0.29, 0.717) is 0 Å². The third-order valence-corrected chi connectivity index (χ3v) is 5.33. The van der Waals surface area contributed by atoms with Crippen LogP contribution in [0.15, 0.2) is 66.7 Å². The van der Waals surface area contributed by atoms with Gasteiger partial charge in [0.05, 0.1) is 6.61 Å². The Labute approximate surface area is 162 Å². The number of benzene rings is 3. The molecule has 27 heavy (non-hydrogen) atoms. The van der Waals surface area contributed by atoms with E-state index in [4.69, 9.17) is 4.74 Å². The van der Waals surface area contributed by atoms with Crippen molar-refractivity contribution in [2.75, 3.05) is 32.8 Å². The molecular formula is C24H28N2O. The number of hydrogen-bond acceptors (Lipinski definition) is 3. The fourth-order valence-corrected chi connectivity index (χ4v) is 3.82. The summed E-state index contributed by atoms with van der Waals surface area (Å²) in [5.41, 5.74) is 2.77. The summed E-state index contributed by atoms with van der Waals surface area (Å²) < 4.78 is 5.53. The second kappa shape index (κ2) is 8.55. The second-order valence-electron chi connectivity index (χ2n) is 7.31. The van der Waals surface area contributed by atoms with Crippen LogP contribution in [0, 0.1) is 0 Å². The summed E-state index contributed by atoms with van der Waals surface area (Å²) in [6.45, 7) is 9.32. The first kappa shape index (κ1) is 18.0. The number of hydrogen-bond donors (Lipinski definition) is 0. The maximum absolute atomic E-state index is 5.53. The molecule has 0 aliphatic carbocycles. The van der Waals surface area contributed by atoms with Crippen LogP contribution in [0.1, 0.15) is 18.1 Å². The Morgan fingerprint density at radius 1 is 0.704 bits per heavy atom. The Hall–Kier alpha value is -2.36. The molecule has 140 valence electrons. The van der Waals surface area contributed by atoms with Gasteiger partial charge in [-0.15, -0.1) is 0 Å². The van der Waals surface area contributed by atoms with Crippen molar-refractivity contribution >= 4 is 10.8 Å². The molecular weight excluding hydrogens is 332 g/mol. The molecule has 3 aromatic rings. The number of nitrogens with zero attached hydrogens (tertiary/aromatic N) is 2. The molecule has 1 saturated heterocycles. The van der Waals surface area contributed by atoms with Crippen molar-refractivity contribution in [3.63, 3.8) is 0 Å². The van der Waals surface area contributed by atoms with Gasteiger partial charge in [-0.1, -0.05) is 48.5 Å². The van der Waals surface area contributed by atoms with Crippen molar-refractivity contribution in [3.05, 3.63) is 77.9 Å². The largest absolute Gasteiger partial charge is 0.494 e. The van der Waals surface area contributed by atoms with Crippen LogP contribution in [0.4, 0.5) is 0 Å². The summed E-state index contributed by atoms with van der Waals surface area (Å²) in [6, 6.07) is 24.0. The Morgan fingerprint density at radius 3 is 1.96 bits per heavy atom. The Morgan fingerprint density at radius 2 is 1.30 bits per heavy atom. The first-order valence-electron chi connectivity index (χ1n) is 9.94. The molecule has 0 bridgehead atoms. The molecule has 1 heterocycles. The maximum atomic E-state index is 5.53. The van der Waals surface area contributed by atoms with Crippen molar-refractivity contribution in [1.29, 1.82) is 0 Å². The third kappa shape index (κ3) is 4.68. The molecule has 0 spiro atoms. The van der Waals surface area contributed by atoms with E-state index < -0.39 is 0 Å². The maximum Gasteiger partial charge on any atom is 0.119 e. The highest BCUT2D eigenvalue weighted by Crippen LogP contribution is 2.18. The van der Waals surface area contributed by atoms with Gasteiger partial charge in [-0.25, -0.2) is 0 Å². The van der Waals surface area contributed by atoms with Crippen LogP contribution < -0.4 is 4.74 Å². The van der Waals surface area contributed by atoms with Gasteiger partial charge in [0.15, 0.2) is 0 Å². The summed E-state index contributed by atoms with van der Waals surface area (Å²) in [6.07, 6.45) is 0. The second-order valence-corrected chi connectivity index (χ2v) is 7.31. The molecule has 0 unspecified atom stereocenters. The summed E-state index contributed by atoms with van der Waals surface area (Å²) in [5, 5.41) is 2.66. The highest BCUT2D eigenvalue weighted by molar-refractivity contribution is 5.82. The van der Waals surface area contributed by atoms with E-state index in [-0.39, 0.29) is 0 Å². The Balaban J connectivity index is 1.29. The van der Waals surface area contributed by atoms with Crippen LogP contribution in [0.5, 0.6) is 5.75 Å². The predicted octanol–water partition coefficient (Wildman–Crippen LogP) is 4.56. The van der Waals surface area contributed by atoms with E-state index in [1.807, 2.05) is 6.92 Å². The van der Waals surface area contributed by atoms with Crippen LogP contribution in [-0.2, 0) is 13.1 Å². The van der Waals surface area contributed by atoms with Gasteiger partial charge in [-0.2, -0.15) is 0 Å². The lowest BCUT2D eigenvalue weighted by molar-refractivity contribution is 0.122. The van der Waals surface area contributed by atoms with Gasteiger partial charge in [0.25, 0.3) is 0 Å². The summed E-state index contributed by atoms with van der Waals surface area (Å²) in [5.74, 6) is 0.960. The quantitative estimate of drug-likeness (QED) is 0.641. The van der Waals surface area contributed by atoms with Crippen molar-refractivity contribution in [1.82, 2.24) is 9.80 Å². The Kier molecular flexibility index (Phi) is 5.71. The van der Waals surface area contributed by atoms with E-state index in [1.165, 1.54) is 21.9 Å². The fraction of sp³-hybridized carbons (Fsp3) is 0.333. The fourth-order valence-electron chi connectivity index (χ4n) is 3.82. The molecule has 0 aromatic heterocycles. The zero-order chi connectivity index (χ0) is 18.5. The van der Waals surface area contributed by atoms with Gasteiger partial charge >= 0.3 is 0 Å². The lowest BCUT2D eigenvalue weighted by Gasteiger charge is -2.34. The third-order valence-electron chi connectivity index (χ3n) is 5.33. The highest BCUT2D eigenvalue weighted by Gasteiger charge is 2.17. The molecule has 0 atom stereocenters. The predicted molar refractivity (Wildman–Crippen MR) is 112 cm³/mol. The van der Waals surface area contributed by atoms with Crippen LogP contribution in [0.3, 0.4) is 0 Å². The minimum absolute atomic E-state index is 0.721. The van der Waals surface area contributed by atoms with Crippen LogP contribution in [0.2, 0.25) is 0 Å². The first-order chi connectivity index (χ1) is 13.3. The minimum Gasteiger partial charge on any atom is -0.494 e. The molecule has 1 fully saturated rings. The molecule has 4 rings (SSSR count). The van der Waals surface area contributed by atoms with Crippen molar-refractivity contribution in [2.45, 2.75) is 20.0 Å². The molecule has 0 N–H and O–H groups in total. The minimum atomic E-state index is 0.721. The number of rotatable bonds is 6. The molecule has 0 saturated carbocycles. The van der Waals surface area contributed by atoms with Crippen LogP contribution in [0.25, 0.3) is 10.8 Å². The zero-order valence-corrected chi connectivity index (χ0v) is 16.1. The van der Waals surface area contributed by atoms with E-state index in [0.717, 1.165) is 51.6 Å². The Bertz CT molecular complexity index is 867. The van der Waals surface area contributed by atoms with Crippen LogP contribution >= 0.6 is 0 Å². The van der Waals surface area contributed by atoms with Gasteiger partial charge in [0.2, 0.25) is 0 Å². The molecule has 1 aliphatic heterocycles. The standard InChI is InChI=1S/C24H28N2O/c1-2-27-24-11-8-20(9-12-24)18-25-13-15-26(16-14-25)19-21-7-10-22-5-3-4-6-23(22)17-21/h3-12,17H,2,13-16,18-19H2,1H3. The van der Waals surface area contributed by atoms with Gasteiger partial charge < -0.3 is 4.74 Å². The van der Waals surface area contributed by atoms with Gasteiger partial charge in [0.1, 0.15) is 5.75 Å². The highest BCUT2D eigenvalue weighted by atomic mass is 16.5. The molecule has 0 radical (unpaired) electrons. The van der Waals surface area contributed by atoms with Gasteiger partial charge in [0, 0.05) is 39.3 Å². The summed E-state index contributed by atoms with van der Waals surface area (Å²) >= 11 is 0. The average Bonchev–Trinajstić information content (AvgIpc) is 2.71. The molecule has 3 nitrogen and oxygen atoms in total. The topological polar surface area (TPSA) is 15.7 Å². The molecule has 0 amide bonds.